The third-order valence-corrected chi connectivity index (χ3v) is 5.55. The molecular formula is C18H24IN5O2S. The van der Waals surface area contributed by atoms with Crippen LogP contribution in [0.1, 0.15) is 34.0 Å². The van der Waals surface area contributed by atoms with Gasteiger partial charge in [0, 0.05) is 37.6 Å². The van der Waals surface area contributed by atoms with Gasteiger partial charge in [0.05, 0.1) is 17.2 Å². The molecule has 0 fully saturated rings. The molecule has 0 aliphatic heterocycles. The lowest BCUT2D eigenvalue weighted by atomic mass is 10.0. The van der Waals surface area contributed by atoms with Gasteiger partial charge in [-0.2, -0.15) is 0 Å². The Kier molecular flexibility index (Phi) is 7.96. The van der Waals surface area contributed by atoms with Crippen LogP contribution >= 0.6 is 35.3 Å². The van der Waals surface area contributed by atoms with Crippen molar-refractivity contribution in [2.45, 2.75) is 38.8 Å². The van der Waals surface area contributed by atoms with E-state index in [1.807, 2.05) is 18.0 Å². The molecule has 0 bridgehead atoms. The molecule has 9 heteroatoms. The molecule has 1 aromatic carbocycles. The Bertz CT molecular complexity index is 800. The summed E-state index contributed by atoms with van der Waals surface area (Å²) in [6.07, 6.45) is 4.74. The molecule has 1 N–H and O–H groups in total. The summed E-state index contributed by atoms with van der Waals surface area (Å²) >= 11 is 1.80. The van der Waals surface area contributed by atoms with E-state index in [0.29, 0.717) is 13.1 Å². The molecule has 0 spiro atoms. The highest BCUT2D eigenvalue weighted by molar-refractivity contribution is 14.0. The second-order valence-electron chi connectivity index (χ2n) is 6.37. The first-order chi connectivity index (χ1) is 12.6. The molecule has 3 rings (SSSR count). The monoisotopic (exact) mass is 501 g/mol. The van der Waals surface area contributed by atoms with Crippen molar-refractivity contribution in [1.29, 1.82) is 0 Å². The highest BCUT2D eigenvalue weighted by Crippen LogP contribution is 2.27. The van der Waals surface area contributed by atoms with Crippen LogP contribution in [0.25, 0.3) is 0 Å². The number of fused-ring (bicyclic) bond motifs is 1. The zero-order valence-corrected chi connectivity index (χ0v) is 18.6. The van der Waals surface area contributed by atoms with E-state index >= 15 is 0 Å². The first kappa shape index (κ1) is 21.5. The summed E-state index contributed by atoms with van der Waals surface area (Å²) in [5.74, 6) is 0.740. The summed E-state index contributed by atoms with van der Waals surface area (Å²) in [5.41, 5.74) is 2.21. The topological polar surface area (TPSA) is 83.7 Å². The summed E-state index contributed by atoms with van der Waals surface area (Å²) in [5, 5.41) is 15.3. The average Bonchev–Trinajstić information content (AvgIpc) is 3.04. The minimum Gasteiger partial charge on any atom is -0.352 e. The lowest BCUT2D eigenvalue weighted by Gasteiger charge is -2.21. The molecular weight excluding hydrogens is 477 g/mol. The van der Waals surface area contributed by atoms with E-state index in [1.165, 1.54) is 29.5 Å². The van der Waals surface area contributed by atoms with Gasteiger partial charge in [0.25, 0.3) is 5.69 Å². The first-order valence-corrected chi connectivity index (χ1v) is 9.51. The summed E-state index contributed by atoms with van der Waals surface area (Å²) < 4.78 is 0. The molecule has 7 nitrogen and oxygen atoms in total. The Morgan fingerprint density at radius 3 is 2.89 bits per heavy atom. The highest BCUT2D eigenvalue weighted by Gasteiger charge is 2.17. The lowest BCUT2D eigenvalue weighted by Crippen LogP contribution is -2.38. The third kappa shape index (κ3) is 5.61. The highest BCUT2D eigenvalue weighted by atomic mass is 127. The number of hydrogen-bond donors (Lipinski definition) is 1. The van der Waals surface area contributed by atoms with Crippen LogP contribution in [0.3, 0.4) is 0 Å². The largest absolute Gasteiger partial charge is 0.352 e. The average molecular weight is 501 g/mol. The normalized spacial score (nSPS) is 13.5. The van der Waals surface area contributed by atoms with E-state index in [1.54, 1.807) is 30.5 Å². The maximum absolute atomic E-state index is 10.9. The van der Waals surface area contributed by atoms with Crippen molar-refractivity contribution in [1.82, 2.24) is 15.2 Å². The molecule has 27 heavy (non-hydrogen) atoms. The van der Waals surface area contributed by atoms with Crippen LogP contribution in [0, 0.1) is 10.1 Å². The Balaban J connectivity index is 0.00000261. The van der Waals surface area contributed by atoms with Crippen LogP contribution in [0.5, 0.6) is 0 Å². The molecule has 146 valence electrons. The van der Waals surface area contributed by atoms with Crippen molar-refractivity contribution in [3.05, 3.63) is 55.5 Å². The van der Waals surface area contributed by atoms with E-state index in [2.05, 4.69) is 10.3 Å². The number of rotatable bonds is 5. The Morgan fingerprint density at radius 1 is 1.41 bits per heavy atom. The van der Waals surface area contributed by atoms with Crippen molar-refractivity contribution in [2.75, 3.05) is 14.1 Å². The van der Waals surface area contributed by atoms with Gasteiger partial charge in [-0.05, 0) is 31.2 Å². The van der Waals surface area contributed by atoms with Gasteiger partial charge in [0.2, 0.25) is 0 Å². The van der Waals surface area contributed by atoms with E-state index in [4.69, 9.17) is 4.98 Å². The van der Waals surface area contributed by atoms with Crippen molar-refractivity contribution in [3.8, 4) is 0 Å². The van der Waals surface area contributed by atoms with Crippen molar-refractivity contribution in [3.63, 3.8) is 0 Å². The van der Waals surface area contributed by atoms with Crippen molar-refractivity contribution in [2.24, 2.45) is 4.99 Å². The molecule has 0 atom stereocenters. The predicted octanol–water partition coefficient (Wildman–Crippen LogP) is 3.76. The minimum atomic E-state index is -0.380. The SMILES string of the molecule is CN=C(NCc1cccc([N+](=O)[O-])c1)N(C)Cc1nc2c(s1)CCCC2.I. The van der Waals surface area contributed by atoms with Crippen LogP contribution in [-0.4, -0.2) is 34.9 Å². The molecule has 0 saturated carbocycles. The number of non-ortho nitro benzene ring substituents is 1. The number of aryl methyl sites for hydroxylation is 2. The minimum absolute atomic E-state index is 0. The van der Waals surface area contributed by atoms with Gasteiger partial charge in [0.15, 0.2) is 5.96 Å². The Hall–Kier alpha value is -1.75. The molecule has 1 aromatic heterocycles. The van der Waals surface area contributed by atoms with Crippen LogP contribution < -0.4 is 5.32 Å². The fourth-order valence-corrected chi connectivity index (χ4v) is 4.31. The fourth-order valence-electron chi connectivity index (χ4n) is 3.10. The maximum Gasteiger partial charge on any atom is 0.269 e. The van der Waals surface area contributed by atoms with Crippen molar-refractivity contribution >= 4 is 47.0 Å². The molecule has 0 saturated heterocycles. The van der Waals surface area contributed by atoms with Gasteiger partial charge in [-0.1, -0.05) is 12.1 Å². The van der Waals surface area contributed by atoms with Gasteiger partial charge >= 0.3 is 0 Å². The number of nitrogens with zero attached hydrogens (tertiary/aromatic N) is 4. The molecule has 0 unspecified atom stereocenters. The van der Waals surface area contributed by atoms with Gasteiger partial charge in [-0.15, -0.1) is 35.3 Å². The zero-order valence-electron chi connectivity index (χ0n) is 15.5. The molecule has 2 aromatic rings. The van der Waals surface area contributed by atoms with Crippen LogP contribution in [-0.2, 0) is 25.9 Å². The van der Waals surface area contributed by atoms with Gasteiger partial charge in [0.1, 0.15) is 5.01 Å². The molecule has 1 aliphatic carbocycles. The molecule has 0 radical (unpaired) electrons. The number of nitrogens with one attached hydrogen (secondary N) is 1. The maximum atomic E-state index is 10.9. The number of halogens is 1. The number of thiazole rings is 1. The number of nitro benzene ring substituents is 1. The number of aromatic nitrogens is 1. The number of benzene rings is 1. The molecule has 1 heterocycles. The lowest BCUT2D eigenvalue weighted by molar-refractivity contribution is -0.384. The second-order valence-corrected chi connectivity index (χ2v) is 7.54. The van der Waals surface area contributed by atoms with Gasteiger partial charge in [-0.25, -0.2) is 4.98 Å². The summed E-state index contributed by atoms with van der Waals surface area (Å²) in [7, 11) is 3.71. The second kappa shape index (κ2) is 9.98. The number of guanidine groups is 1. The zero-order chi connectivity index (χ0) is 18.5. The smallest absolute Gasteiger partial charge is 0.269 e. The van der Waals surface area contributed by atoms with Crippen LogP contribution in [0.15, 0.2) is 29.3 Å². The van der Waals surface area contributed by atoms with Gasteiger partial charge < -0.3 is 10.2 Å². The fraction of sp³-hybridized carbons (Fsp3) is 0.444. The predicted molar refractivity (Wildman–Crippen MR) is 119 cm³/mol. The van der Waals surface area contributed by atoms with Crippen LogP contribution in [0.4, 0.5) is 5.69 Å². The first-order valence-electron chi connectivity index (χ1n) is 8.69. The number of nitro groups is 1. The van der Waals surface area contributed by atoms with Crippen LogP contribution in [0.2, 0.25) is 0 Å². The van der Waals surface area contributed by atoms with Crippen molar-refractivity contribution < 1.29 is 4.92 Å². The number of aliphatic imine (C=N–C) groups is 1. The molecule has 0 amide bonds. The summed E-state index contributed by atoms with van der Waals surface area (Å²) in [4.78, 5) is 23.1. The van der Waals surface area contributed by atoms with E-state index in [0.717, 1.165) is 29.4 Å². The number of hydrogen-bond acceptors (Lipinski definition) is 5. The standard InChI is InChI=1S/C18H23N5O2S.HI/c1-19-18(20-11-13-6-5-7-14(10-13)23(24)25)22(2)12-17-21-15-8-3-4-9-16(15)26-17;/h5-7,10H,3-4,8-9,11-12H2,1-2H3,(H,19,20);1H. The molecule has 1 aliphatic rings. The summed E-state index contributed by atoms with van der Waals surface area (Å²) in [6.45, 7) is 1.18. The summed E-state index contributed by atoms with van der Waals surface area (Å²) in [6, 6.07) is 6.63. The van der Waals surface area contributed by atoms with E-state index in [-0.39, 0.29) is 34.6 Å². The van der Waals surface area contributed by atoms with Gasteiger partial charge in [-0.3, -0.25) is 15.1 Å². The quantitative estimate of drug-likeness (QED) is 0.222. The van der Waals surface area contributed by atoms with E-state index in [9.17, 15) is 10.1 Å². The third-order valence-electron chi connectivity index (χ3n) is 4.41. The Morgan fingerprint density at radius 2 is 2.19 bits per heavy atom. The Labute approximate surface area is 180 Å². The van der Waals surface area contributed by atoms with E-state index < -0.39 is 0 Å².